The minimum atomic E-state index is -0.885. The van der Waals surface area contributed by atoms with Crippen LogP contribution in [0.15, 0.2) is 18.2 Å². The molecular formula is C13H13N3O2. The van der Waals surface area contributed by atoms with Crippen molar-refractivity contribution in [1.29, 1.82) is 0 Å². The lowest BCUT2D eigenvalue weighted by molar-refractivity contribution is -0.120. The normalized spacial score (nSPS) is 17.6. The van der Waals surface area contributed by atoms with Gasteiger partial charge in [-0.05, 0) is 38.5 Å². The fraction of sp³-hybridized carbons (Fsp3) is 0.308. The predicted octanol–water partition coefficient (Wildman–Crippen LogP) is 2.38. The molecule has 0 bridgehead atoms. The Balaban J connectivity index is 2.45. The Kier molecular flexibility index (Phi) is 2.59. The number of carbonyl (C=O) groups excluding carboxylic acids is 2. The fourth-order valence-electron chi connectivity index (χ4n) is 1.89. The van der Waals surface area contributed by atoms with Crippen LogP contribution in [0, 0.1) is 13.5 Å². The van der Waals surface area contributed by atoms with Crippen LogP contribution in [0.5, 0.6) is 0 Å². The number of amides is 3. The summed E-state index contributed by atoms with van der Waals surface area (Å²) in [6, 6.07) is 4.47. The van der Waals surface area contributed by atoms with E-state index in [0.29, 0.717) is 11.4 Å². The van der Waals surface area contributed by atoms with Crippen molar-refractivity contribution in [2.24, 2.45) is 0 Å². The first-order valence-electron chi connectivity index (χ1n) is 5.51. The Hall–Kier alpha value is -2.35. The first-order chi connectivity index (χ1) is 8.36. The number of nitrogens with one attached hydrogen (secondary N) is 1. The maximum atomic E-state index is 12.1. The highest BCUT2D eigenvalue weighted by Crippen LogP contribution is 2.28. The van der Waals surface area contributed by atoms with Crippen molar-refractivity contribution in [2.45, 2.75) is 26.3 Å². The molecule has 1 aromatic carbocycles. The molecule has 1 aliphatic heterocycles. The molecule has 3 amide bonds. The second kappa shape index (κ2) is 3.84. The van der Waals surface area contributed by atoms with Crippen LogP contribution in [0.1, 0.15) is 19.4 Å². The smallest absolute Gasteiger partial charge is 0.323 e. The summed E-state index contributed by atoms with van der Waals surface area (Å²) in [4.78, 5) is 28.3. The van der Waals surface area contributed by atoms with Gasteiger partial charge in [0, 0.05) is 0 Å². The van der Waals surface area contributed by atoms with Crippen LogP contribution < -0.4 is 10.2 Å². The standard InChI is InChI=1S/C13H13N3O2/c1-8-7-9(5-6-10(8)14-4)16-11(17)13(2,3)15-12(16)18/h5-7H,1-3H3,(H,15,18). The van der Waals surface area contributed by atoms with Gasteiger partial charge >= 0.3 is 6.03 Å². The van der Waals surface area contributed by atoms with Gasteiger partial charge in [-0.2, -0.15) is 0 Å². The van der Waals surface area contributed by atoms with Gasteiger partial charge in [0.15, 0.2) is 5.69 Å². The summed E-state index contributed by atoms with van der Waals surface area (Å²) >= 11 is 0. The molecule has 1 fully saturated rings. The average molecular weight is 243 g/mol. The summed E-state index contributed by atoms with van der Waals surface area (Å²) in [5, 5.41) is 2.62. The third-order valence-electron chi connectivity index (χ3n) is 2.92. The highest BCUT2D eigenvalue weighted by Gasteiger charge is 2.45. The molecular weight excluding hydrogens is 230 g/mol. The van der Waals surface area contributed by atoms with Crippen LogP contribution in [-0.2, 0) is 4.79 Å². The number of rotatable bonds is 1. The predicted molar refractivity (Wildman–Crippen MR) is 67.5 cm³/mol. The van der Waals surface area contributed by atoms with Crippen molar-refractivity contribution >= 4 is 23.3 Å². The Bertz CT molecular complexity index is 584. The van der Waals surface area contributed by atoms with Crippen molar-refractivity contribution in [3.05, 3.63) is 35.2 Å². The lowest BCUT2D eigenvalue weighted by Gasteiger charge is -2.16. The number of benzene rings is 1. The largest absolute Gasteiger partial charge is 0.329 e. The molecule has 0 unspecified atom stereocenters. The van der Waals surface area contributed by atoms with Gasteiger partial charge in [-0.1, -0.05) is 6.07 Å². The van der Waals surface area contributed by atoms with Gasteiger partial charge in [-0.25, -0.2) is 14.5 Å². The summed E-state index contributed by atoms with van der Waals surface area (Å²) in [6.45, 7) is 12.1. The quantitative estimate of drug-likeness (QED) is 0.608. The monoisotopic (exact) mass is 243 g/mol. The van der Waals surface area contributed by atoms with Crippen molar-refractivity contribution < 1.29 is 9.59 Å². The molecule has 0 saturated carbocycles. The topological polar surface area (TPSA) is 53.8 Å². The summed E-state index contributed by atoms with van der Waals surface area (Å²) in [7, 11) is 0. The van der Waals surface area contributed by atoms with Crippen LogP contribution in [0.25, 0.3) is 4.85 Å². The van der Waals surface area contributed by atoms with E-state index in [1.807, 2.05) is 0 Å². The van der Waals surface area contributed by atoms with Crippen molar-refractivity contribution in [1.82, 2.24) is 5.32 Å². The third kappa shape index (κ3) is 1.72. The zero-order valence-electron chi connectivity index (χ0n) is 10.4. The van der Waals surface area contributed by atoms with Gasteiger partial charge in [-0.3, -0.25) is 4.79 Å². The number of anilines is 1. The molecule has 5 heteroatoms. The van der Waals surface area contributed by atoms with E-state index in [1.165, 1.54) is 0 Å². The zero-order valence-corrected chi connectivity index (χ0v) is 10.4. The molecule has 92 valence electrons. The number of imide groups is 1. The summed E-state index contributed by atoms with van der Waals surface area (Å²) in [5.74, 6) is -0.289. The number of carbonyl (C=O) groups is 2. The average Bonchev–Trinajstić information content (AvgIpc) is 2.48. The van der Waals surface area contributed by atoms with E-state index >= 15 is 0 Å². The van der Waals surface area contributed by atoms with Gasteiger partial charge < -0.3 is 5.32 Å². The van der Waals surface area contributed by atoms with Gasteiger partial charge in [0.2, 0.25) is 0 Å². The van der Waals surface area contributed by atoms with E-state index in [9.17, 15) is 9.59 Å². The second-order valence-electron chi connectivity index (χ2n) is 4.78. The van der Waals surface area contributed by atoms with E-state index in [-0.39, 0.29) is 5.91 Å². The molecule has 0 aliphatic carbocycles. The summed E-state index contributed by atoms with van der Waals surface area (Å²) < 4.78 is 0. The third-order valence-corrected chi connectivity index (χ3v) is 2.92. The number of urea groups is 1. The number of aryl methyl sites for hydroxylation is 1. The highest BCUT2D eigenvalue weighted by molar-refractivity contribution is 6.23. The van der Waals surface area contributed by atoms with E-state index in [0.717, 1.165) is 10.5 Å². The lowest BCUT2D eigenvalue weighted by atomic mass is 10.1. The molecule has 0 radical (unpaired) electrons. The van der Waals surface area contributed by atoms with Crippen LogP contribution >= 0.6 is 0 Å². The number of nitrogens with zero attached hydrogens (tertiary/aromatic N) is 2. The molecule has 1 saturated heterocycles. The molecule has 5 nitrogen and oxygen atoms in total. The molecule has 1 aromatic rings. The van der Waals surface area contributed by atoms with Crippen molar-refractivity contribution in [3.63, 3.8) is 0 Å². The van der Waals surface area contributed by atoms with E-state index in [1.54, 1.807) is 39.0 Å². The van der Waals surface area contributed by atoms with Crippen LogP contribution in [0.3, 0.4) is 0 Å². The SMILES string of the molecule is [C-]#[N+]c1ccc(N2C(=O)NC(C)(C)C2=O)cc1C. The van der Waals surface area contributed by atoms with Gasteiger partial charge in [0.1, 0.15) is 5.54 Å². The Labute approximate surface area is 105 Å². The zero-order chi connectivity index (χ0) is 13.5. The van der Waals surface area contributed by atoms with Crippen LogP contribution in [0.4, 0.5) is 16.2 Å². The molecule has 0 atom stereocenters. The molecule has 0 aromatic heterocycles. The van der Waals surface area contributed by atoms with Crippen molar-refractivity contribution in [3.8, 4) is 0 Å². The first-order valence-corrected chi connectivity index (χ1v) is 5.51. The molecule has 1 N–H and O–H groups in total. The summed E-state index contributed by atoms with van der Waals surface area (Å²) in [6.07, 6.45) is 0. The number of hydrogen-bond donors (Lipinski definition) is 1. The van der Waals surface area contributed by atoms with Gasteiger partial charge in [0.05, 0.1) is 12.3 Å². The van der Waals surface area contributed by atoms with Crippen molar-refractivity contribution in [2.75, 3.05) is 4.90 Å². The highest BCUT2D eigenvalue weighted by atomic mass is 16.2. The minimum Gasteiger partial charge on any atom is -0.323 e. The fourth-order valence-corrected chi connectivity index (χ4v) is 1.89. The molecule has 2 rings (SSSR count). The second-order valence-corrected chi connectivity index (χ2v) is 4.78. The molecule has 1 aliphatic rings. The van der Waals surface area contributed by atoms with Gasteiger partial charge in [0.25, 0.3) is 5.91 Å². The van der Waals surface area contributed by atoms with Crippen LogP contribution in [-0.4, -0.2) is 17.5 Å². The maximum absolute atomic E-state index is 12.1. The van der Waals surface area contributed by atoms with Crippen LogP contribution in [0.2, 0.25) is 0 Å². The molecule has 0 spiro atoms. The maximum Gasteiger partial charge on any atom is 0.329 e. The van der Waals surface area contributed by atoms with E-state index in [4.69, 9.17) is 6.57 Å². The van der Waals surface area contributed by atoms with E-state index in [2.05, 4.69) is 10.2 Å². The lowest BCUT2D eigenvalue weighted by Crippen LogP contribution is -2.40. The first kappa shape index (κ1) is 12.1. The molecule has 1 heterocycles. The number of hydrogen-bond acceptors (Lipinski definition) is 2. The van der Waals surface area contributed by atoms with E-state index < -0.39 is 11.6 Å². The van der Waals surface area contributed by atoms with Gasteiger partial charge in [-0.15, -0.1) is 0 Å². The minimum absolute atomic E-state index is 0.289. The summed E-state index contributed by atoms with van der Waals surface area (Å²) in [5.41, 5.74) is 0.870. The Morgan fingerprint density at radius 2 is 2.00 bits per heavy atom. The Morgan fingerprint density at radius 3 is 2.44 bits per heavy atom. The Morgan fingerprint density at radius 1 is 1.33 bits per heavy atom. The molecule has 18 heavy (non-hydrogen) atoms.